The largest absolute Gasteiger partial charge is 0.379 e. The number of aromatic nitrogens is 1. The molecule has 0 bridgehead atoms. The number of aryl methyl sites for hydroxylation is 2. The maximum atomic E-state index is 13.2. The minimum atomic E-state index is -0.161. The summed E-state index contributed by atoms with van der Waals surface area (Å²) >= 11 is 0. The van der Waals surface area contributed by atoms with Gasteiger partial charge in [0.2, 0.25) is 0 Å². The molecule has 2 N–H and O–H groups in total. The number of pyridine rings is 1. The number of carbonyl (C=O) groups is 1. The van der Waals surface area contributed by atoms with Gasteiger partial charge in [0.05, 0.1) is 25.3 Å². The first-order chi connectivity index (χ1) is 16.5. The first-order valence-corrected chi connectivity index (χ1v) is 12.0. The highest BCUT2D eigenvalue weighted by atomic mass is 16.5. The van der Waals surface area contributed by atoms with Crippen LogP contribution >= 0.6 is 0 Å². The quantitative estimate of drug-likeness (QED) is 0.537. The van der Waals surface area contributed by atoms with E-state index in [4.69, 9.17) is 4.74 Å². The summed E-state index contributed by atoms with van der Waals surface area (Å²) in [5.74, 6) is 0. The molecule has 0 aliphatic carbocycles. The van der Waals surface area contributed by atoms with Crippen molar-refractivity contribution in [1.29, 1.82) is 0 Å². The average Bonchev–Trinajstić information content (AvgIpc) is 2.86. The van der Waals surface area contributed by atoms with Crippen LogP contribution in [-0.2, 0) is 17.8 Å². The number of urea groups is 1. The first-order valence-electron chi connectivity index (χ1n) is 12.0. The number of aromatic amines is 1. The Labute approximate surface area is 200 Å². The zero-order chi connectivity index (χ0) is 23.9. The van der Waals surface area contributed by atoms with Crippen molar-refractivity contribution < 1.29 is 9.53 Å². The fourth-order valence-electron chi connectivity index (χ4n) is 4.39. The molecular weight excluding hydrogens is 428 g/mol. The SMILES string of the molecule is Cc1ccc(C)c2[nH]c(=O)c(CN(CCCN3CCOCC3)C(=O)NCc3ccccc3)cc12. The van der Waals surface area contributed by atoms with Crippen molar-refractivity contribution in [3.63, 3.8) is 0 Å². The standard InChI is InChI=1S/C27H34N4O3/c1-20-9-10-21(2)25-24(20)17-23(26(32)29-25)19-31(12-6-11-30-13-15-34-16-14-30)27(33)28-18-22-7-4-3-5-8-22/h3-5,7-10,17H,6,11-16,18-19H2,1-2H3,(H,28,33)(H,29,32). The third-order valence-corrected chi connectivity index (χ3v) is 6.46. The van der Waals surface area contributed by atoms with E-state index in [1.807, 2.05) is 56.3 Å². The predicted molar refractivity (Wildman–Crippen MR) is 135 cm³/mol. The molecule has 0 atom stereocenters. The molecule has 1 aliphatic rings. The first kappa shape index (κ1) is 24.0. The molecule has 2 amide bonds. The van der Waals surface area contributed by atoms with Gasteiger partial charge in [0, 0.05) is 43.7 Å². The van der Waals surface area contributed by atoms with Crippen LogP contribution in [0.4, 0.5) is 4.79 Å². The molecule has 0 unspecified atom stereocenters. The van der Waals surface area contributed by atoms with Crippen molar-refractivity contribution in [1.82, 2.24) is 20.1 Å². The smallest absolute Gasteiger partial charge is 0.317 e. The van der Waals surface area contributed by atoms with Crippen molar-refractivity contribution in [3.8, 4) is 0 Å². The number of carbonyl (C=O) groups excluding carboxylic acids is 1. The molecule has 7 heteroatoms. The number of nitrogens with one attached hydrogen (secondary N) is 2. The Morgan fingerprint density at radius 2 is 1.82 bits per heavy atom. The second-order valence-electron chi connectivity index (χ2n) is 8.99. The normalized spacial score (nSPS) is 14.3. The number of fused-ring (bicyclic) bond motifs is 1. The van der Waals surface area contributed by atoms with Crippen molar-refractivity contribution in [2.75, 3.05) is 39.4 Å². The molecule has 4 rings (SSSR count). The summed E-state index contributed by atoms with van der Waals surface area (Å²) in [7, 11) is 0. The summed E-state index contributed by atoms with van der Waals surface area (Å²) in [6, 6.07) is 15.7. The third-order valence-electron chi connectivity index (χ3n) is 6.46. The molecular formula is C27H34N4O3. The molecule has 1 saturated heterocycles. The van der Waals surface area contributed by atoms with Gasteiger partial charge in [-0.15, -0.1) is 0 Å². The van der Waals surface area contributed by atoms with Gasteiger partial charge in [-0.25, -0.2) is 4.79 Å². The Balaban J connectivity index is 1.50. The highest BCUT2D eigenvalue weighted by molar-refractivity contribution is 5.85. The van der Waals surface area contributed by atoms with Crippen molar-refractivity contribution in [3.05, 3.63) is 81.1 Å². The Bertz CT molecular complexity index is 1170. The van der Waals surface area contributed by atoms with Crippen LogP contribution in [0.15, 0.2) is 53.3 Å². The van der Waals surface area contributed by atoms with Crippen LogP contribution in [0.1, 0.15) is 28.7 Å². The molecule has 1 aliphatic heterocycles. The van der Waals surface area contributed by atoms with Gasteiger partial charge < -0.3 is 19.9 Å². The van der Waals surface area contributed by atoms with Crippen LogP contribution in [0, 0.1) is 13.8 Å². The zero-order valence-electron chi connectivity index (χ0n) is 20.1. The van der Waals surface area contributed by atoms with Crippen LogP contribution in [0.25, 0.3) is 10.9 Å². The van der Waals surface area contributed by atoms with E-state index in [1.165, 1.54) is 0 Å². The lowest BCUT2D eigenvalue weighted by Gasteiger charge is -2.28. The molecule has 180 valence electrons. The number of benzene rings is 2. The Hall–Kier alpha value is -3.16. The van der Waals surface area contributed by atoms with E-state index in [9.17, 15) is 9.59 Å². The molecule has 0 radical (unpaired) electrons. The van der Waals surface area contributed by atoms with E-state index in [2.05, 4.69) is 21.3 Å². The number of ether oxygens (including phenoxy) is 1. The van der Waals surface area contributed by atoms with E-state index in [1.54, 1.807) is 4.90 Å². The second-order valence-corrected chi connectivity index (χ2v) is 8.99. The number of nitrogens with zero attached hydrogens (tertiary/aromatic N) is 2. The minimum Gasteiger partial charge on any atom is -0.379 e. The lowest BCUT2D eigenvalue weighted by Crippen LogP contribution is -2.42. The lowest BCUT2D eigenvalue weighted by molar-refractivity contribution is 0.0364. The number of H-pyrrole nitrogens is 1. The van der Waals surface area contributed by atoms with Gasteiger partial charge in [0.1, 0.15) is 0 Å². The fourth-order valence-corrected chi connectivity index (χ4v) is 4.39. The zero-order valence-corrected chi connectivity index (χ0v) is 20.1. The van der Waals surface area contributed by atoms with Crippen LogP contribution in [0.2, 0.25) is 0 Å². The number of amides is 2. The Kier molecular flexibility index (Phi) is 7.98. The number of rotatable bonds is 8. The number of hydrogen-bond donors (Lipinski definition) is 2. The summed E-state index contributed by atoms with van der Waals surface area (Å²) < 4.78 is 5.43. The van der Waals surface area contributed by atoms with E-state index >= 15 is 0 Å². The Morgan fingerprint density at radius 1 is 1.09 bits per heavy atom. The molecule has 1 aromatic heterocycles. The highest BCUT2D eigenvalue weighted by Crippen LogP contribution is 2.20. The van der Waals surface area contributed by atoms with Crippen LogP contribution < -0.4 is 10.9 Å². The van der Waals surface area contributed by atoms with Gasteiger partial charge in [0.25, 0.3) is 5.56 Å². The van der Waals surface area contributed by atoms with Crippen LogP contribution in [0.5, 0.6) is 0 Å². The van der Waals surface area contributed by atoms with Gasteiger partial charge in [0.15, 0.2) is 0 Å². The lowest BCUT2D eigenvalue weighted by atomic mass is 10.0. The molecule has 1 fully saturated rings. The monoisotopic (exact) mass is 462 g/mol. The highest BCUT2D eigenvalue weighted by Gasteiger charge is 2.18. The van der Waals surface area contributed by atoms with Crippen molar-refractivity contribution in [2.24, 2.45) is 0 Å². The predicted octanol–water partition coefficient (Wildman–Crippen LogP) is 3.58. The summed E-state index contributed by atoms with van der Waals surface area (Å²) in [5.41, 5.74) is 4.50. The second kappa shape index (κ2) is 11.3. The van der Waals surface area contributed by atoms with Crippen LogP contribution in [0.3, 0.4) is 0 Å². The molecule has 3 aromatic rings. The van der Waals surface area contributed by atoms with Gasteiger partial charge in [-0.3, -0.25) is 9.69 Å². The molecule has 0 saturated carbocycles. The van der Waals surface area contributed by atoms with Gasteiger partial charge in [-0.05, 0) is 43.0 Å². The molecule has 2 aromatic carbocycles. The topological polar surface area (TPSA) is 77.7 Å². The maximum absolute atomic E-state index is 13.2. The Morgan fingerprint density at radius 3 is 2.59 bits per heavy atom. The number of morpholine rings is 1. The van der Waals surface area contributed by atoms with Gasteiger partial charge >= 0.3 is 6.03 Å². The molecule has 2 heterocycles. The number of hydrogen-bond acceptors (Lipinski definition) is 4. The maximum Gasteiger partial charge on any atom is 0.317 e. The minimum absolute atomic E-state index is 0.143. The van der Waals surface area contributed by atoms with Crippen LogP contribution in [-0.4, -0.2) is 60.2 Å². The summed E-state index contributed by atoms with van der Waals surface area (Å²) in [6.45, 7) is 9.57. The summed E-state index contributed by atoms with van der Waals surface area (Å²) in [6.07, 6.45) is 0.836. The van der Waals surface area contributed by atoms with Gasteiger partial charge in [-0.1, -0.05) is 42.5 Å². The van der Waals surface area contributed by atoms with E-state index in [0.29, 0.717) is 18.7 Å². The van der Waals surface area contributed by atoms with Crippen molar-refractivity contribution in [2.45, 2.75) is 33.4 Å². The summed E-state index contributed by atoms with van der Waals surface area (Å²) in [5, 5.41) is 4.05. The molecule has 34 heavy (non-hydrogen) atoms. The molecule has 7 nitrogen and oxygen atoms in total. The molecule has 0 spiro atoms. The average molecular weight is 463 g/mol. The summed E-state index contributed by atoms with van der Waals surface area (Å²) in [4.78, 5) is 33.2. The van der Waals surface area contributed by atoms with Gasteiger partial charge in [-0.2, -0.15) is 0 Å². The van der Waals surface area contributed by atoms with E-state index < -0.39 is 0 Å². The third kappa shape index (κ3) is 6.04. The van der Waals surface area contributed by atoms with E-state index in [0.717, 1.165) is 66.9 Å². The van der Waals surface area contributed by atoms with Crippen molar-refractivity contribution >= 4 is 16.9 Å². The fraction of sp³-hybridized carbons (Fsp3) is 0.407. The van der Waals surface area contributed by atoms with E-state index in [-0.39, 0.29) is 18.1 Å².